The van der Waals surface area contributed by atoms with E-state index in [-0.39, 0.29) is 27.1 Å². The second kappa shape index (κ2) is 12.0. The number of hydrogen-bond donors (Lipinski definition) is 1. The zero-order valence-electron chi connectivity index (χ0n) is 25.8. The maximum Gasteiger partial charge on any atom is 0.388 e. The van der Waals surface area contributed by atoms with Gasteiger partial charge in [0.15, 0.2) is 9.84 Å². The maximum atomic E-state index is 14.2. The van der Waals surface area contributed by atoms with E-state index >= 15 is 0 Å². The van der Waals surface area contributed by atoms with Crippen LogP contribution in [0.3, 0.4) is 0 Å². The van der Waals surface area contributed by atoms with E-state index in [1.165, 1.54) is 18.3 Å². The molecule has 0 bridgehead atoms. The zero-order valence-corrected chi connectivity index (χ0v) is 26.6. The van der Waals surface area contributed by atoms with E-state index < -0.39 is 39.0 Å². The molecule has 0 spiro atoms. The molecular formula is C37H30F2N4O4S. The largest absolute Gasteiger partial charge is 0.415 e. The van der Waals surface area contributed by atoms with Crippen LogP contribution in [0.4, 0.5) is 8.78 Å². The lowest BCUT2D eigenvalue weighted by molar-refractivity contribution is -0.0523. The molecule has 1 aliphatic rings. The van der Waals surface area contributed by atoms with Crippen LogP contribution in [0.5, 0.6) is 5.88 Å². The van der Waals surface area contributed by atoms with Gasteiger partial charge in [-0.3, -0.25) is 4.79 Å². The Bertz CT molecular complexity index is 2160. The molecule has 1 amide bonds. The molecule has 8 nitrogen and oxygen atoms in total. The third kappa shape index (κ3) is 5.11. The van der Waals surface area contributed by atoms with Crippen LogP contribution in [-0.4, -0.2) is 41.0 Å². The minimum Gasteiger partial charge on any atom is -0.415 e. The van der Waals surface area contributed by atoms with Crippen molar-refractivity contribution < 1.29 is 26.7 Å². The van der Waals surface area contributed by atoms with Crippen molar-refractivity contribution in [2.24, 2.45) is 5.73 Å². The quantitative estimate of drug-likeness (QED) is 0.160. The molecule has 1 fully saturated rings. The average Bonchev–Trinajstić information content (AvgIpc) is 3.90. The fourth-order valence-electron chi connectivity index (χ4n) is 6.55. The lowest BCUT2D eigenvalue weighted by atomic mass is 9.77. The van der Waals surface area contributed by atoms with Crippen molar-refractivity contribution >= 4 is 26.6 Å². The van der Waals surface area contributed by atoms with Crippen LogP contribution in [0.1, 0.15) is 45.6 Å². The van der Waals surface area contributed by atoms with Crippen LogP contribution in [0.2, 0.25) is 0 Å². The molecule has 0 saturated heterocycles. The number of fused-ring (bicyclic) bond motifs is 1. The standard InChI is InChI=1S/C37H30F2N4O4S/c1-23-21-24(17-20-30(23)48(45,46)28-18-19-28)31-32-29(22-41-33(31)34(40)44)43(42-35(32)47-36(38)39)37(25-11-5-2-6-12-25,26-13-7-3-8-14-26)27-15-9-4-10-16-27/h2-17,20-22,28,36H,18-19H2,1H3,(H2,40,44). The van der Waals surface area contributed by atoms with Gasteiger partial charge < -0.3 is 10.5 Å². The van der Waals surface area contributed by atoms with Gasteiger partial charge in [-0.1, -0.05) is 103 Å². The van der Waals surface area contributed by atoms with Gasteiger partial charge in [-0.2, -0.15) is 8.78 Å². The SMILES string of the molecule is Cc1cc(-c2c(C(N)=O)ncc3c2c(OC(F)F)nn3C(c2ccccc2)(c2ccccc2)c2ccccc2)ccc1S(=O)(=O)C1CC1. The van der Waals surface area contributed by atoms with E-state index in [0.29, 0.717) is 24.0 Å². The van der Waals surface area contributed by atoms with Crippen LogP contribution in [0.25, 0.3) is 22.0 Å². The highest BCUT2D eigenvalue weighted by molar-refractivity contribution is 7.92. The third-order valence-electron chi connectivity index (χ3n) is 8.75. The Balaban J connectivity index is 1.61. The molecule has 0 radical (unpaired) electrons. The Hall–Kier alpha value is -5.42. The number of halogens is 2. The number of ether oxygens (including phenoxy) is 1. The summed E-state index contributed by atoms with van der Waals surface area (Å²) in [6.45, 7) is -1.61. The second-order valence-corrected chi connectivity index (χ2v) is 13.9. The minimum atomic E-state index is -3.54. The van der Waals surface area contributed by atoms with E-state index in [2.05, 4.69) is 4.98 Å². The predicted octanol–water partition coefficient (Wildman–Crippen LogP) is 6.88. The molecule has 2 N–H and O–H groups in total. The number of primary amides is 1. The second-order valence-electron chi connectivity index (χ2n) is 11.7. The van der Waals surface area contributed by atoms with E-state index in [1.54, 1.807) is 17.7 Å². The number of aromatic nitrogens is 3. The Morgan fingerprint density at radius 3 is 1.90 bits per heavy atom. The number of nitrogens with two attached hydrogens (primary N) is 1. The predicted molar refractivity (Wildman–Crippen MR) is 178 cm³/mol. The fourth-order valence-corrected chi connectivity index (χ4v) is 8.43. The summed E-state index contributed by atoms with van der Waals surface area (Å²) in [7, 11) is -3.54. The first-order chi connectivity index (χ1) is 23.1. The Kier molecular flexibility index (Phi) is 7.79. The van der Waals surface area contributed by atoms with Gasteiger partial charge in [-0.25, -0.2) is 18.1 Å². The molecule has 7 rings (SSSR count). The summed E-state index contributed by atoms with van der Waals surface area (Å²) in [5, 5.41) is 4.40. The van der Waals surface area contributed by atoms with Crippen LogP contribution in [0.15, 0.2) is 120 Å². The monoisotopic (exact) mass is 664 g/mol. The van der Waals surface area contributed by atoms with E-state index in [4.69, 9.17) is 15.6 Å². The van der Waals surface area contributed by atoms with Gasteiger partial charge in [-0.15, -0.1) is 5.10 Å². The first kappa shape index (κ1) is 31.2. The number of rotatable bonds is 10. The highest BCUT2D eigenvalue weighted by atomic mass is 32.2. The molecule has 6 aromatic rings. The van der Waals surface area contributed by atoms with Gasteiger partial charge in [0, 0.05) is 5.56 Å². The number of amides is 1. The number of carbonyl (C=O) groups is 1. The summed E-state index contributed by atoms with van der Waals surface area (Å²) in [5.74, 6) is -1.35. The Morgan fingerprint density at radius 1 is 0.896 bits per heavy atom. The van der Waals surface area contributed by atoms with Gasteiger partial charge in [-0.05, 0) is 53.6 Å². The molecule has 0 atom stereocenters. The number of pyridine rings is 1. The molecule has 2 aromatic heterocycles. The van der Waals surface area contributed by atoms with Crippen molar-refractivity contribution in [3.63, 3.8) is 0 Å². The fraction of sp³-hybridized carbons (Fsp3) is 0.162. The van der Waals surface area contributed by atoms with Gasteiger partial charge in [0.25, 0.3) is 5.91 Å². The molecule has 4 aromatic carbocycles. The summed E-state index contributed by atoms with van der Waals surface area (Å²) in [5.41, 5.74) is 7.83. The molecule has 1 aliphatic carbocycles. The third-order valence-corrected chi connectivity index (χ3v) is 11.2. The zero-order chi connectivity index (χ0) is 33.6. The lowest BCUT2D eigenvalue weighted by Crippen LogP contribution is -2.38. The average molecular weight is 665 g/mol. The number of alkyl halides is 2. The molecule has 48 heavy (non-hydrogen) atoms. The highest BCUT2D eigenvalue weighted by Crippen LogP contribution is 2.46. The number of benzene rings is 4. The lowest BCUT2D eigenvalue weighted by Gasteiger charge is -2.36. The molecule has 242 valence electrons. The topological polar surface area (TPSA) is 117 Å². The summed E-state index contributed by atoms with van der Waals surface area (Å²) in [4.78, 5) is 17.5. The van der Waals surface area contributed by atoms with Crippen molar-refractivity contribution in [1.29, 1.82) is 0 Å². The summed E-state index contributed by atoms with van der Waals surface area (Å²) >= 11 is 0. The Morgan fingerprint density at radius 2 is 1.44 bits per heavy atom. The number of nitrogens with zero attached hydrogens (tertiary/aromatic N) is 3. The first-order valence-electron chi connectivity index (χ1n) is 15.3. The van der Waals surface area contributed by atoms with Crippen LogP contribution in [-0.2, 0) is 15.4 Å². The molecule has 1 saturated carbocycles. The normalized spacial score (nSPS) is 13.6. The molecule has 2 heterocycles. The molecule has 0 aliphatic heterocycles. The smallest absolute Gasteiger partial charge is 0.388 e. The van der Waals surface area contributed by atoms with Gasteiger partial charge in [0.1, 0.15) is 11.2 Å². The van der Waals surface area contributed by atoms with Crippen LogP contribution < -0.4 is 10.5 Å². The van der Waals surface area contributed by atoms with Gasteiger partial charge in [0.05, 0.1) is 27.2 Å². The summed E-state index contributed by atoms with van der Waals surface area (Å²) in [6.07, 6.45) is 2.57. The van der Waals surface area contributed by atoms with Crippen molar-refractivity contribution in [1.82, 2.24) is 14.8 Å². The molecule has 0 unspecified atom stereocenters. The number of aryl methyl sites for hydroxylation is 1. The van der Waals surface area contributed by atoms with Crippen LogP contribution >= 0.6 is 0 Å². The molecule has 11 heteroatoms. The van der Waals surface area contributed by atoms with Crippen LogP contribution in [0, 0.1) is 6.92 Å². The number of carbonyl (C=O) groups excluding carboxylic acids is 1. The first-order valence-corrected chi connectivity index (χ1v) is 16.9. The minimum absolute atomic E-state index is 0.0727. The van der Waals surface area contributed by atoms with Crippen molar-refractivity contribution in [2.75, 3.05) is 0 Å². The summed E-state index contributed by atoms with van der Waals surface area (Å²) < 4.78 is 61.4. The number of sulfone groups is 1. The summed E-state index contributed by atoms with van der Waals surface area (Å²) in [6, 6.07) is 33.1. The van der Waals surface area contributed by atoms with Crippen molar-refractivity contribution in [2.45, 2.75) is 42.1 Å². The van der Waals surface area contributed by atoms with Crippen molar-refractivity contribution in [3.8, 4) is 17.0 Å². The van der Waals surface area contributed by atoms with Gasteiger partial charge >= 0.3 is 6.61 Å². The highest BCUT2D eigenvalue weighted by Gasteiger charge is 2.42. The maximum absolute atomic E-state index is 14.2. The Labute approximate surface area is 275 Å². The number of hydrogen-bond acceptors (Lipinski definition) is 6. The molecular weight excluding hydrogens is 634 g/mol. The van der Waals surface area contributed by atoms with Gasteiger partial charge in [0.2, 0.25) is 5.88 Å². The van der Waals surface area contributed by atoms with E-state index in [9.17, 15) is 22.0 Å². The van der Waals surface area contributed by atoms with E-state index in [0.717, 1.165) is 16.7 Å². The van der Waals surface area contributed by atoms with Crippen molar-refractivity contribution in [3.05, 3.63) is 143 Å². The van der Waals surface area contributed by atoms with E-state index in [1.807, 2.05) is 91.0 Å².